The minimum atomic E-state index is -0.246. The van der Waals surface area contributed by atoms with Gasteiger partial charge in [-0.25, -0.2) is 9.37 Å². The first-order valence-electron chi connectivity index (χ1n) is 9.24. The first kappa shape index (κ1) is 20.1. The Morgan fingerprint density at radius 1 is 1.07 bits per heavy atom. The number of nitrogens with zero attached hydrogens (tertiary/aromatic N) is 3. The maximum atomic E-state index is 13.4. The highest BCUT2D eigenvalue weighted by atomic mass is 35.5. The van der Waals surface area contributed by atoms with Crippen LogP contribution in [-0.4, -0.2) is 16.5 Å². The van der Waals surface area contributed by atoms with E-state index in [9.17, 15) is 4.39 Å². The van der Waals surface area contributed by atoms with Crippen molar-refractivity contribution in [2.75, 3.05) is 16.8 Å². The Bertz CT molecular complexity index is 992. The van der Waals surface area contributed by atoms with Crippen molar-refractivity contribution in [2.45, 2.75) is 33.2 Å². The van der Waals surface area contributed by atoms with Crippen LogP contribution in [0.2, 0.25) is 0 Å². The quantitative estimate of drug-likeness (QED) is 0.630. The second-order valence-electron chi connectivity index (χ2n) is 7.09. The molecule has 28 heavy (non-hydrogen) atoms. The molecular formula is C22H24ClFN4. The zero-order valence-corrected chi connectivity index (χ0v) is 17.1. The van der Waals surface area contributed by atoms with Crippen LogP contribution in [-0.2, 0) is 6.42 Å². The van der Waals surface area contributed by atoms with E-state index in [-0.39, 0.29) is 24.3 Å². The smallest absolute Gasteiger partial charge is 0.229 e. The first-order valence-corrected chi connectivity index (χ1v) is 9.24. The van der Waals surface area contributed by atoms with Crippen molar-refractivity contribution in [1.82, 2.24) is 9.97 Å². The lowest BCUT2D eigenvalue weighted by molar-refractivity contribution is 0.616. The molecule has 1 aliphatic rings. The largest absolute Gasteiger partial charge is 0.349 e. The molecule has 0 fully saturated rings. The highest BCUT2D eigenvalue weighted by Crippen LogP contribution is 2.33. The second-order valence-corrected chi connectivity index (χ2v) is 7.09. The van der Waals surface area contributed by atoms with Gasteiger partial charge >= 0.3 is 0 Å². The third-order valence-electron chi connectivity index (χ3n) is 5.16. The van der Waals surface area contributed by atoms with Gasteiger partial charge in [0.1, 0.15) is 11.6 Å². The van der Waals surface area contributed by atoms with Gasteiger partial charge in [0.05, 0.1) is 6.04 Å². The maximum Gasteiger partial charge on any atom is 0.229 e. The van der Waals surface area contributed by atoms with Gasteiger partial charge in [0, 0.05) is 24.0 Å². The molecule has 0 spiro atoms. The number of fused-ring (bicyclic) bond motifs is 1. The predicted octanol–water partition coefficient (Wildman–Crippen LogP) is 5.52. The molecule has 1 unspecified atom stereocenters. The molecule has 0 saturated heterocycles. The number of hydrogen-bond donors (Lipinski definition) is 1. The van der Waals surface area contributed by atoms with E-state index in [2.05, 4.69) is 46.4 Å². The Hall–Kier alpha value is -2.66. The Balaban J connectivity index is 0.00000225. The summed E-state index contributed by atoms with van der Waals surface area (Å²) in [4.78, 5) is 11.6. The van der Waals surface area contributed by atoms with Crippen molar-refractivity contribution >= 4 is 29.9 Å². The van der Waals surface area contributed by atoms with Crippen LogP contribution in [0.1, 0.15) is 35.3 Å². The Morgan fingerprint density at radius 3 is 2.64 bits per heavy atom. The van der Waals surface area contributed by atoms with Crippen molar-refractivity contribution in [2.24, 2.45) is 0 Å². The highest BCUT2D eigenvalue weighted by Gasteiger charge is 2.25. The fourth-order valence-electron chi connectivity index (χ4n) is 3.73. The molecule has 1 aliphatic heterocycles. The molecule has 4 nitrogen and oxygen atoms in total. The number of rotatable bonds is 3. The van der Waals surface area contributed by atoms with Crippen LogP contribution in [0.25, 0.3) is 0 Å². The van der Waals surface area contributed by atoms with Crippen LogP contribution in [0.15, 0.2) is 48.5 Å². The van der Waals surface area contributed by atoms with E-state index < -0.39 is 0 Å². The average Bonchev–Trinajstić information content (AvgIpc) is 2.64. The van der Waals surface area contributed by atoms with Crippen LogP contribution in [0.4, 0.5) is 21.8 Å². The van der Waals surface area contributed by atoms with E-state index in [0.717, 1.165) is 35.7 Å². The van der Waals surface area contributed by atoms with E-state index in [4.69, 9.17) is 4.98 Å². The Labute approximate surface area is 171 Å². The molecule has 1 aromatic heterocycles. The van der Waals surface area contributed by atoms with E-state index >= 15 is 0 Å². The number of benzene rings is 2. The standard InChI is InChI=1S/C22H23FN4.ClH/c1-14-12-18(23)8-9-20(14)25-22-24-15(2)13-21(26-22)27-11-10-17-6-4-5-7-19(17)16(27)3;/h4-9,12-13,16H,10-11H2,1-3H3,(H,24,25,26);1H. The normalized spacial score (nSPS) is 15.6. The molecular weight excluding hydrogens is 375 g/mol. The minimum absolute atomic E-state index is 0. The summed E-state index contributed by atoms with van der Waals surface area (Å²) in [5.41, 5.74) is 5.29. The van der Waals surface area contributed by atoms with Crippen molar-refractivity contribution in [1.29, 1.82) is 0 Å². The lowest BCUT2D eigenvalue weighted by Crippen LogP contribution is -2.34. The third-order valence-corrected chi connectivity index (χ3v) is 5.16. The topological polar surface area (TPSA) is 41.1 Å². The van der Waals surface area contributed by atoms with Gasteiger partial charge in [-0.05, 0) is 62.1 Å². The SMILES string of the molecule is Cc1cc(N2CCc3ccccc3C2C)nc(Nc2ccc(F)cc2C)n1.Cl. The molecule has 0 aliphatic carbocycles. The summed E-state index contributed by atoms with van der Waals surface area (Å²) in [5.74, 6) is 1.20. The van der Waals surface area contributed by atoms with Crippen LogP contribution >= 0.6 is 12.4 Å². The molecule has 1 N–H and O–H groups in total. The summed E-state index contributed by atoms with van der Waals surface area (Å²) in [5, 5.41) is 3.24. The minimum Gasteiger partial charge on any atom is -0.349 e. The number of halogens is 2. The van der Waals surface area contributed by atoms with Crippen molar-refractivity contribution in [3.05, 3.63) is 76.7 Å². The van der Waals surface area contributed by atoms with Gasteiger partial charge in [0.2, 0.25) is 5.95 Å². The number of aryl methyl sites for hydroxylation is 2. The van der Waals surface area contributed by atoms with Crippen LogP contribution in [0, 0.1) is 19.7 Å². The Morgan fingerprint density at radius 2 is 1.86 bits per heavy atom. The molecule has 2 heterocycles. The van der Waals surface area contributed by atoms with E-state index in [0.29, 0.717) is 5.95 Å². The van der Waals surface area contributed by atoms with Gasteiger partial charge in [-0.15, -0.1) is 12.4 Å². The first-order chi connectivity index (χ1) is 13.0. The van der Waals surface area contributed by atoms with Gasteiger partial charge in [-0.2, -0.15) is 4.98 Å². The molecule has 0 saturated carbocycles. The summed E-state index contributed by atoms with van der Waals surface area (Å²) in [6.45, 7) is 6.97. The number of anilines is 3. The molecule has 0 radical (unpaired) electrons. The Kier molecular flexibility index (Phi) is 5.84. The molecule has 3 aromatic rings. The maximum absolute atomic E-state index is 13.4. The predicted molar refractivity (Wildman–Crippen MR) is 114 cm³/mol. The number of hydrogen-bond acceptors (Lipinski definition) is 4. The highest BCUT2D eigenvalue weighted by molar-refractivity contribution is 5.85. The summed E-state index contributed by atoms with van der Waals surface area (Å²) in [6.07, 6.45) is 1.00. The van der Waals surface area contributed by atoms with E-state index in [1.54, 1.807) is 6.07 Å². The van der Waals surface area contributed by atoms with Crippen LogP contribution in [0.3, 0.4) is 0 Å². The molecule has 0 bridgehead atoms. The summed E-state index contributed by atoms with van der Waals surface area (Å²) in [7, 11) is 0. The fraction of sp³-hybridized carbons (Fsp3) is 0.273. The van der Waals surface area contributed by atoms with Crippen LogP contribution in [0.5, 0.6) is 0 Å². The van der Waals surface area contributed by atoms with E-state index in [1.807, 2.05) is 19.9 Å². The average molecular weight is 399 g/mol. The molecule has 146 valence electrons. The summed E-state index contributed by atoms with van der Waals surface area (Å²) < 4.78 is 13.4. The molecule has 6 heteroatoms. The summed E-state index contributed by atoms with van der Waals surface area (Å²) >= 11 is 0. The van der Waals surface area contributed by atoms with Gasteiger partial charge in [0.25, 0.3) is 0 Å². The van der Waals surface area contributed by atoms with E-state index in [1.165, 1.54) is 23.3 Å². The third kappa shape index (κ3) is 3.94. The van der Waals surface area contributed by atoms with Gasteiger partial charge < -0.3 is 10.2 Å². The molecule has 4 rings (SSSR count). The molecule has 1 atom stereocenters. The van der Waals surface area contributed by atoms with Crippen molar-refractivity contribution < 1.29 is 4.39 Å². The fourth-order valence-corrected chi connectivity index (χ4v) is 3.73. The van der Waals surface area contributed by atoms with Gasteiger partial charge in [0.15, 0.2) is 0 Å². The van der Waals surface area contributed by atoms with Crippen molar-refractivity contribution in [3.63, 3.8) is 0 Å². The molecule has 2 aromatic carbocycles. The zero-order valence-electron chi connectivity index (χ0n) is 16.2. The van der Waals surface area contributed by atoms with Gasteiger partial charge in [-0.3, -0.25) is 0 Å². The lowest BCUT2D eigenvalue weighted by atomic mass is 9.93. The van der Waals surface area contributed by atoms with Gasteiger partial charge in [-0.1, -0.05) is 24.3 Å². The zero-order chi connectivity index (χ0) is 19.0. The number of aromatic nitrogens is 2. The number of nitrogens with one attached hydrogen (secondary N) is 1. The summed E-state index contributed by atoms with van der Waals surface area (Å²) in [6, 6.07) is 15.5. The monoisotopic (exact) mass is 398 g/mol. The van der Waals surface area contributed by atoms with Crippen molar-refractivity contribution in [3.8, 4) is 0 Å². The lowest BCUT2D eigenvalue weighted by Gasteiger charge is -2.36. The second kappa shape index (κ2) is 8.15. The van der Waals surface area contributed by atoms with Crippen LogP contribution < -0.4 is 10.2 Å². The molecule has 0 amide bonds.